The monoisotopic (exact) mass is 815 g/mol. The number of nitrogens with two attached hydrogens (primary N) is 1. The molecule has 0 spiro atoms. The van der Waals surface area contributed by atoms with Crippen molar-refractivity contribution in [2.24, 2.45) is 5.73 Å². The second-order valence-corrected chi connectivity index (χ2v) is 16.9. The molecule has 0 aliphatic carbocycles. The maximum absolute atomic E-state index is 12.9. The van der Waals surface area contributed by atoms with E-state index in [0.29, 0.717) is 32.2 Å². The van der Waals surface area contributed by atoms with E-state index in [0.717, 1.165) is 77.0 Å². The molecule has 0 aliphatic rings. The van der Waals surface area contributed by atoms with E-state index in [1.165, 1.54) is 135 Å². The Morgan fingerprint density at radius 2 is 0.914 bits per heavy atom. The van der Waals surface area contributed by atoms with Gasteiger partial charge >= 0.3 is 11.9 Å². The number of rotatable bonds is 45. The van der Waals surface area contributed by atoms with Gasteiger partial charge in [0.2, 0.25) is 5.91 Å². The zero-order valence-electron chi connectivity index (χ0n) is 38.1. The van der Waals surface area contributed by atoms with Crippen LogP contribution in [0.1, 0.15) is 251 Å². The van der Waals surface area contributed by atoms with Crippen LogP contribution in [0.2, 0.25) is 0 Å². The average Bonchev–Trinajstić information content (AvgIpc) is 3.21. The highest BCUT2D eigenvalue weighted by Gasteiger charge is 2.19. The number of carbonyl (C=O) groups is 3. The quantitative estimate of drug-likeness (QED) is 0.0320. The molecule has 0 aromatic carbocycles. The fraction of sp³-hybridized carbons (Fsp3) is 0.824. The molecule has 2 atom stereocenters. The van der Waals surface area contributed by atoms with E-state index >= 15 is 0 Å². The van der Waals surface area contributed by atoms with Gasteiger partial charge in [-0.05, 0) is 109 Å². The van der Waals surface area contributed by atoms with Crippen LogP contribution in [0.3, 0.4) is 0 Å². The number of carboxylic acid groups (broad SMARTS) is 1. The molecule has 338 valence electrons. The van der Waals surface area contributed by atoms with Gasteiger partial charge in [-0.2, -0.15) is 0 Å². The van der Waals surface area contributed by atoms with Crippen LogP contribution in [0.15, 0.2) is 36.5 Å². The number of nitrogens with one attached hydrogen (secondary N) is 1. The standard InChI is InChI=1S/C51H94N2O5/c1-3-5-7-9-11-13-15-17-18-19-20-21-22-24-26-28-30-35-39-45-50(55)58-47(41-36-32-29-27-25-23-16-14-12-10-8-6-4-2)42-37-33-31-34-38-44-49(54)53-48(51(56)57)43-40-46-52/h11,13,17-18,27,29,47-48H,3-10,12,14-16,19-26,28,30-46,52H2,1-2H3,(H,53,54)(H,56,57)/b13-11-,18-17-,29-27-. The lowest BCUT2D eigenvalue weighted by atomic mass is 10.0. The number of carbonyl (C=O) groups excluding carboxylic acids is 2. The highest BCUT2D eigenvalue weighted by atomic mass is 16.5. The fourth-order valence-corrected chi connectivity index (χ4v) is 7.42. The molecule has 0 rings (SSSR count). The van der Waals surface area contributed by atoms with E-state index in [1.54, 1.807) is 0 Å². The molecular weight excluding hydrogens is 721 g/mol. The minimum absolute atomic E-state index is 0.0199. The van der Waals surface area contributed by atoms with E-state index in [2.05, 4.69) is 55.6 Å². The van der Waals surface area contributed by atoms with E-state index in [-0.39, 0.29) is 18.0 Å². The molecule has 0 saturated heterocycles. The molecule has 0 fully saturated rings. The zero-order valence-corrected chi connectivity index (χ0v) is 38.1. The van der Waals surface area contributed by atoms with Crippen LogP contribution in [0.25, 0.3) is 0 Å². The first kappa shape index (κ1) is 55.6. The van der Waals surface area contributed by atoms with Crippen LogP contribution in [0.4, 0.5) is 0 Å². The van der Waals surface area contributed by atoms with Gasteiger partial charge in [-0.1, -0.05) is 172 Å². The number of esters is 1. The predicted molar refractivity (Wildman–Crippen MR) is 248 cm³/mol. The number of hydrogen-bond acceptors (Lipinski definition) is 5. The maximum atomic E-state index is 12.9. The van der Waals surface area contributed by atoms with Crippen LogP contribution in [-0.4, -0.2) is 41.6 Å². The van der Waals surface area contributed by atoms with E-state index < -0.39 is 12.0 Å². The molecule has 0 aromatic heterocycles. The molecule has 1 amide bonds. The number of amides is 1. The number of hydrogen-bond donors (Lipinski definition) is 3. The number of ether oxygens (including phenoxy) is 1. The van der Waals surface area contributed by atoms with Gasteiger partial charge in [0.25, 0.3) is 0 Å². The first-order valence-corrected chi connectivity index (χ1v) is 24.8. The summed E-state index contributed by atoms with van der Waals surface area (Å²) in [7, 11) is 0. The minimum atomic E-state index is -1.00. The van der Waals surface area contributed by atoms with Crippen molar-refractivity contribution in [3.05, 3.63) is 36.5 Å². The summed E-state index contributed by atoms with van der Waals surface area (Å²) >= 11 is 0. The van der Waals surface area contributed by atoms with Crippen molar-refractivity contribution in [2.45, 2.75) is 264 Å². The van der Waals surface area contributed by atoms with Crippen LogP contribution >= 0.6 is 0 Å². The second-order valence-electron chi connectivity index (χ2n) is 16.9. The van der Waals surface area contributed by atoms with Crippen molar-refractivity contribution in [3.8, 4) is 0 Å². The highest BCUT2D eigenvalue weighted by Crippen LogP contribution is 2.18. The second kappa shape index (κ2) is 45.7. The molecule has 4 N–H and O–H groups in total. The lowest BCUT2D eigenvalue weighted by molar-refractivity contribution is -0.150. The molecule has 7 nitrogen and oxygen atoms in total. The number of allylic oxidation sites excluding steroid dienone is 6. The Bertz CT molecular complexity index is 1010. The lowest BCUT2D eigenvalue weighted by Gasteiger charge is -2.18. The third-order valence-corrected chi connectivity index (χ3v) is 11.2. The summed E-state index contributed by atoms with van der Waals surface area (Å²) in [5.74, 6) is -1.25. The van der Waals surface area contributed by atoms with E-state index in [9.17, 15) is 19.5 Å². The Balaban J connectivity index is 4.30. The Kier molecular flexibility index (Phi) is 43.8. The Hall–Kier alpha value is -2.41. The molecule has 0 radical (unpaired) electrons. The Morgan fingerprint density at radius 1 is 0.500 bits per heavy atom. The molecule has 0 aliphatic heterocycles. The summed E-state index contributed by atoms with van der Waals surface area (Å²) in [5.41, 5.74) is 5.50. The average molecular weight is 815 g/mol. The van der Waals surface area contributed by atoms with Gasteiger partial charge in [-0.15, -0.1) is 0 Å². The van der Waals surface area contributed by atoms with E-state index in [1.807, 2.05) is 0 Å². The van der Waals surface area contributed by atoms with Gasteiger partial charge in [0, 0.05) is 12.8 Å². The largest absolute Gasteiger partial charge is 0.480 e. The molecule has 0 aromatic rings. The third-order valence-electron chi connectivity index (χ3n) is 11.2. The number of carboxylic acids is 1. The SMILES string of the molecule is CCCCC/C=C\C/C=C\CCCCCCCCCCCC(=O)OC(CCC/C=C\CCCCCCCCCC)CCCCCCCC(=O)NC(CCCN)C(=O)O. The van der Waals surface area contributed by atoms with E-state index in [4.69, 9.17) is 10.5 Å². The predicted octanol–water partition coefficient (Wildman–Crippen LogP) is 14.6. The van der Waals surface area contributed by atoms with Gasteiger partial charge in [0.05, 0.1) is 0 Å². The zero-order chi connectivity index (χ0) is 42.4. The van der Waals surface area contributed by atoms with Crippen LogP contribution in [-0.2, 0) is 19.1 Å². The number of unbranched alkanes of at least 4 members (excludes halogenated alkanes) is 25. The van der Waals surface area contributed by atoms with Crippen molar-refractivity contribution >= 4 is 17.8 Å². The molecular formula is C51H94N2O5. The Morgan fingerprint density at radius 3 is 1.45 bits per heavy atom. The summed E-state index contributed by atoms with van der Waals surface area (Å²) in [5, 5.41) is 12.0. The fourth-order valence-electron chi connectivity index (χ4n) is 7.42. The molecule has 0 heterocycles. The first-order chi connectivity index (χ1) is 28.4. The summed E-state index contributed by atoms with van der Waals surface area (Å²) in [6.45, 7) is 4.93. The molecule has 7 heteroatoms. The first-order valence-electron chi connectivity index (χ1n) is 24.8. The van der Waals surface area contributed by atoms with Crippen molar-refractivity contribution in [2.75, 3.05) is 6.54 Å². The Labute approximate surface area is 358 Å². The van der Waals surface area contributed by atoms with Crippen LogP contribution in [0.5, 0.6) is 0 Å². The molecule has 2 unspecified atom stereocenters. The smallest absolute Gasteiger partial charge is 0.326 e. The van der Waals surface area contributed by atoms with Gasteiger partial charge < -0.3 is 20.9 Å². The molecule has 0 saturated carbocycles. The van der Waals surface area contributed by atoms with Crippen LogP contribution < -0.4 is 11.1 Å². The normalized spacial score (nSPS) is 12.9. The maximum Gasteiger partial charge on any atom is 0.326 e. The van der Waals surface area contributed by atoms with Crippen molar-refractivity contribution in [1.82, 2.24) is 5.32 Å². The van der Waals surface area contributed by atoms with Gasteiger partial charge in [-0.25, -0.2) is 4.79 Å². The van der Waals surface area contributed by atoms with Gasteiger partial charge in [0.1, 0.15) is 12.1 Å². The third kappa shape index (κ3) is 41.7. The van der Waals surface area contributed by atoms with Gasteiger partial charge in [-0.3, -0.25) is 9.59 Å². The topological polar surface area (TPSA) is 119 Å². The summed E-state index contributed by atoms with van der Waals surface area (Å²) < 4.78 is 6.06. The highest BCUT2D eigenvalue weighted by molar-refractivity contribution is 5.83. The lowest BCUT2D eigenvalue weighted by Crippen LogP contribution is -2.40. The summed E-state index contributed by atoms with van der Waals surface area (Å²) in [6, 6.07) is -0.859. The van der Waals surface area contributed by atoms with Crippen molar-refractivity contribution < 1.29 is 24.2 Å². The summed E-state index contributed by atoms with van der Waals surface area (Å²) in [4.78, 5) is 36.5. The number of aliphatic carboxylic acids is 1. The van der Waals surface area contributed by atoms with Crippen molar-refractivity contribution in [1.29, 1.82) is 0 Å². The molecule has 0 bridgehead atoms. The van der Waals surface area contributed by atoms with Gasteiger partial charge in [0.15, 0.2) is 0 Å². The van der Waals surface area contributed by atoms with Crippen molar-refractivity contribution in [3.63, 3.8) is 0 Å². The summed E-state index contributed by atoms with van der Waals surface area (Å²) in [6.07, 6.45) is 54.8. The molecule has 58 heavy (non-hydrogen) atoms. The van der Waals surface area contributed by atoms with Crippen LogP contribution in [0, 0.1) is 0 Å². The minimum Gasteiger partial charge on any atom is -0.480 e.